The predicted octanol–water partition coefficient (Wildman–Crippen LogP) is 2.74. The zero-order chi connectivity index (χ0) is 22.2. The Morgan fingerprint density at radius 3 is 2.65 bits per heavy atom. The van der Waals surface area contributed by atoms with Gasteiger partial charge in [0.1, 0.15) is 11.1 Å². The van der Waals surface area contributed by atoms with Crippen LogP contribution in [-0.2, 0) is 22.6 Å². The Morgan fingerprint density at radius 1 is 1.13 bits per heavy atom. The molecule has 0 aliphatic carbocycles. The zero-order valence-electron chi connectivity index (χ0n) is 17.0. The molecule has 3 aromatic rings. The number of hydrogen-bond acceptors (Lipinski definition) is 5. The molecule has 6 nitrogen and oxygen atoms in total. The molecule has 0 unspecified atom stereocenters. The Labute approximate surface area is 180 Å². The lowest BCUT2D eigenvalue weighted by Gasteiger charge is -2.15. The molecular weight excluding hydrogens is 419 g/mol. The van der Waals surface area contributed by atoms with Crippen LogP contribution in [0.15, 0.2) is 58.4 Å². The normalized spacial score (nSPS) is 12.7. The lowest BCUT2D eigenvalue weighted by molar-refractivity contribution is 0.443. The number of halogens is 1. The number of hydrogen-bond donors (Lipinski definition) is 0. The highest BCUT2D eigenvalue weighted by molar-refractivity contribution is 7.90. The molecule has 1 aliphatic rings. The van der Waals surface area contributed by atoms with Gasteiger partial charge in [0.2, 0.25) is 0 Å². The van der Waals surface area contributed by atoms with E-state index in [1.165, 1.54) is 16.7 Å². The molecule has 1 aliphatic heterocycles. The van der Waals surface area contributed by atoms with E-state index in [4.69, 9.17) is 4.74 Å². The Hall–Kier alpha value is -3.26. The van der Waals surface area contributed by atoms with Crippen molar-refractivity contribution in [2.75, 3.05) is 5.75 Å². The van der Waals surface area contributed by atoms with Crippen molar-refractivity contribution in [3.05, 3.63) is 87.5 Å². The third-order valence-corrected chi connectivity index (χ3v) is 6.71. The van der Waals surface area contributed by atoms with Crippen molar-refractivity contribution in [2.24, 2.45) is 12.0 Å². The SMILES string of the molecule is CCS(=O)(=O)Cc1ccc(Oc2ccccc2F)c(-c2cn(C)c(=O)c3c2=C[CH]N=3)c1.[HH]. The summed E-state index contributed by atoms with van der Waals surface area (Å²) in [6.07, 6.45) is 3.36. The minimum Gasteiger partial charge on any atom is -0.454 e. The van der Waals surface area contributed by atoms with Gasteiger partial charge in [-0.25, -0.2) is 12.8 Å². The maximum Gasteiger partial charge on any atom is 0.276 e. The van der Waals surface area contributed by atoms with Gasteiger partial charge in [-0.15, -0.1) is 0 Å². The van der Waals surface area contributed by atoms with E-state index in [-0.39, 0.29) is 24.2 Å². The molecular formula is C23H22FN2O4S. The van der Waals surface area contributed by atoms with Crippen LogP contribution in [-0.4, -0.2) is 18.7 Å². The third kappa shape index (κ3) is 4.16. The van der Waals surface area contributed by atoms with Crippen LogP contribution in [0.3, 0.4) is 0 Å². The number of aromatic nitrogens is 1. The van der Waals surface area contributed by atoms with Gasteiger partial charge in [0.15, 0.2) is 21.4 Å². The van der Waals surface area contributed by atoms with Crippen molar-refractivity contribution in [2.45, 2.75) is 12.7 Å². The molecule has 0 atom stereocenters. The van der Waals surface area contributed by atoms with Gasteiger partial charge in [-0.2, -0.15) is 0 Å². The fourth-order valence-corrected chi connectivity index (χ4v) is 4.29. The molecule has 0 saturated heterocycles. The predicted molar refractivity (Wildman–Crippen MR) is 118 cm³/mol. The molecule has 4 rings (SSSR count). The first-order valence-corrected chi connectivity index (χ1v) is 11.5. The number of sulfone groups is 1. The van der Waals surface area contributed by atoms with E-state index in [0.717, 1.165) is 0 Å². The average molecular weight is 442 g/mol. The zero-order valence-corrected chi connectivity index (χ0v) is 17.8. The second-order valence-corrected chi connectivity index (χ2v) is 9.56. The summed E-state index contributed by atoms with van der Waals surface area (Å²) in [5, 5.41) is 0.903. The van der Waals surface area contributed by atoms with Gasteiger partial charge < -0.3 is 9.30 Å². The molecule has 0 bridgehead atoms. The summed E-state index contributed by atoms with van der Waals surface area (Å²) in [6, 6.07) is 11.0. The van der Waals surface area contributed by atoms with E-state index >= 15 is 0 Å². The Morgan fingerprint density at radius 2 is 1.90 bits per heavy atom. The highest BCUT2D eigenvalue weighted by atomic mass is 32.2. The number of nitrogens with zero attached hydrogens (tertiary/aromatic N) is 2. The number of pyridine rings is 1. The molecule has 0 spiro atoms. The summed E-state index contributed by atoms with van der Waals surface area (Å²) in [5.41, 5.74) is 1.50. The smallest absolute Gasteiger partial charge is 0.276 e. The molecule has 1 aromatic heterocycles. The minimum atomic E-state index is -3.26. The van der Waals surface area contributed by atoms with Crippen LogP contribution in [0.25, 0.3) is 17.2 Å². The first-order chi connectivity index (χ1) is 14.8. The van der Waals surface area contributed by atoms with E-state index in [2.05, 4.69) is 4.99 Å². The number of para-hydroxylation sites is 1. The molecule has 2 heterocycles. The van der Waals surface area contributed by atoms with Gasteiger partial charge in [0.25, 0.3) is 5.56 Å². The molecule has 2 aromatic carbocycles. The monoisotopic (exact) mass is 441 g/mol. The van der Waals surface area contributed by atoms with Crippen molar-refractivity contribution < 1.29 is 19.0 Å². The molecule has 1 radical (unpaired) electrons. The summed E-state index contributed by atoms with van der Waals surface area (Å²) in [5.74, 6) is -0.257. The Kier molecular flexibility index (Phi) is 5.49. The Bertz CT molecular complexity index is 1470. The van der Waals surface area contributed by atoms with Crippen LogP contribution >= 0.6 is 0 Å². The summed E-state index contributed by atoms with van der Waals surface area (Å²) < 4.78 is 45.8. The molecule has 8 heteroatoms. The van der Waals surface area contributed by atoms with Crippen molar-refractivity contribution in [3.63, 3.8) is 0 Å². The van der Waals surface area contributed by atoms with Crippen LogP contribution in [0.1, 0.15) is 13.9 Å². The second kappa shape index (κ2) is 8.11. The van der Waals surface area contributed by atoms with Gasteiger partial charge in [-0.1, -0.05) is 25.1 Å². The van der Waals surface area contributed by atoms with Crippen LogP contribution in [0.4, 0.5) is 4.39 Å². The maximum atomic E-state index is 14.2. The van der Waals surface area contributed by atoms with Crippen LogP contribution in [0.5, 0.6) is 11.5 Å². The van der Waals surface area contributed by atoms with Gasteiger partial charge in [0, 0.05) is 36.8 Å². The van der Waals surface area contributed by atoms with Crippen LogP contribution in [0.2, 0.25) is 0 Å². The van der Waals surface area contributed by atoms with Crippen molar-refractivity contribution in [1.82, 2.24) is 4.57 Å². The standard InChI is InChI=1S/C23H20FN2O4S.H2/c1-3-31(28,29)14-15-8-9-20(30-21-7-5-4-6-19(21)24)17(12-15)18-13-26(2)23(27)22-16(18)10-11-25-22;/h4-13H,3,14H2,1-2H3;1H. The van der Waals surface area contributed by atoms with Gasteiger partial charge in [-0.3, -0.25) is 9.79 Å². The molecule has 161 valence electrons. The molecule has 0 fully saturated rings. The van der Waals surface area contributed by atoms with Gasteiger partial charge in [0.05, 0.1) is 12.3 Å². The van der Waals surface area contributed by atoms with Gasteiger partial charge in [-0.05, 0) is 35.9 Å². The summed E-state index contributed by atoms with van der Waals surface area (Å²) in [6.45, 7) is 3.14. The van der Waals surface area contributed by atoms with E-state index in [0.29, 0.717) is 33.0 Å². The Balaban J connectivity index is 0.00000289. The van der Waals surface area contributed by atoms with Crippen LogP contribution < -0.4 is 20.9 Å². The maximum absolute atomic E-state index is 14.2. The number of fused-ring (bicyclic) bond motifs is 1. The lowest BCUT2D eigenvalue weighted by Crippen LogP contribution is -2.43. The minimum absolute atomic E-state index is 0. The number of rotatable bonds is 6. The highest BCUT2D eigenvalue weighted by Crippen LogP contribution is 2.34. The fraction of sp³-hybridized carbons (Fsp3) is 0.174. The van der Waals surface area contributed by atoms with Crippen molar-refractivity contribution >= 4 is 15.9 Å². The number of aryl methyl sites for hydroxylation is 1. The average Bonchev–Trinajstić information content (AvgIpc) is 3.23. The first-order valence-electron chi connectivity index (χ1n) is 9.66. The largest absolute Gasteiger partial charge is 0.454 e. The van der Waals surface area contributed by atoms with Crippen molar-refractivity contribution in [1.29, 1.82) is 0 Å². The second-order valence-electron chi connectivity index (χ2n) is 7.21. The number of ether oxygens (including phenoxy) is 1. The van der Waals surface area contributed by atoms with E-state index < -0.39 is 15.7 Å². The molecule has 31 heavy (non-hydrogen) atoms. The van der Waals surface area contributed by atoms with E-state index in [1.807, 2.05) is 0 Å². The van der Waals surface area contributed by atoms with E-state index in [9.17, 15) is 17.6 Å². The summed E-state index contributed by atoms with van der Waals surface area (Å²) in [7, 11) is -1.65. The first kappa shape index (κ1) is 21.0. The lowest BCUT2D eigenvalue weighted by atomic mass is 10.0. The van der Waals surface area contributed by atoms with Crippen LogP contribution in [0, 0.1) is 12.4 Å². The molecule has 0 N–H and O–H groups in total. The highest BCUT2D eigenvalue weighted by Gasteiger charge is 2.18. The number of benzene rings is 2. The summed E-state index contributed by atoms with van der Waals surface area (Å²) >= 11 is 0. The topological polar surface area (TPSA) is 77.7 Å². The molecule has 0 amide bonds. The fourth-order valence-electron chi connectivity index (χ4n) is 3.39. The molecule has 0 saturated carbocycles. The van der Waals surface area contributed by atoms with Gasteiger partial charge >= 0.3 is 0 Å². The quantitative estimate of drug-likeness (QED) is 0.589. The van der Waals surface area contributed by atoms with E-state index in [1.54, 1.807) is 63.1 Å². The third-order valence-electron chi connectivity index (χ3n) is 5.05. The van der Waals surface area contributed by atoms with Crippen molar-refractivity contribution in [3.8, 4) is 22.6 Å². The summed E-state index contributed by atoms with van der Waals surface area (Å²) in [4.78, 5) is 16.6.